The summed E-state index contributed by atoms with van der Waals surface area (Å²) in [4.78, 5) is 11.0. The lowest BCUT2D eigenvalue weighted by Crippen LogP contribution is -2.35. The molecule has 1 aliphatic carbocycles. The van der Waals surface area contributed by atoms with Gasteiger partial charge in [-0.2, -0.15) is 0 Å². The topological polar surface area (TPSA) is 55.8 Å². The first kappa shape index (κ1) is 21.0. The first-order valence-electron chi connectivity index (χ1n) is 9.92. The van der Waals surface area contributed by atoms with Crippen molar-refractivity contribution in [1.82, 2.24) is 0 Å². The van der Waals surface area contributed by atoms with E-state index in [4.69, 9.17) is 14.6 Å². The third-order valence-corrected chi connectivity index (χ3v) is 6.04. The van der Waals surface area contributed by atoms with Crippen molar-refractivity contribution in [3.63, 3.8) is 0 Å². The van der Waals surface area contributed by atoms with Crippen LogP contribution in [-0.2, 0) is 10.8 Å². The highest BCUT2D eigenvalue weighted by molar-refractivity contribution is 5.88. The summed E-state index contributed by atoms with van der Waals surface area (Å²) in [5.74, 6) is 0.850. The van der Waals surface area contributed by atoms with E-state index in [9.17, 15) is 4.79 Å². The zero-order valence-electron chi connectivity index (χ0n) is 18.1. The number of rotatable bonds is 5. The highest BCUT2D eigenvalue weighted by Gasteiger charge is 2.42. The van der Waals surface area contributed by atoms with Crippen LogP contribution in [0.25, 0.3) is 12.2 Å². The number of carbonyl (C=O) groups is 1. The Bertz CT molecular complexity index is 950. The van der Waals surface area contributed by atoms with Crippen LogP contribution in [0.5, 0.6) is 11.5 Å². The van der Waals surface area contributed by atoms with Crippen LogP contribution >= 0.6 is 0 Å². The minimum atomic E-state index is -0.925. The van der Waals surface area contributed by atoms with E-state index in [1.807, 2.05) is 18.2 Å². The second-order valence-corrected chi connectivity index (χ2v) is 8.98. The number of benzene rings is 2. The Morgan fingerprint density at radius 1 is 0.931 bits per heavy atom. The fourth-order valence-corrected chi connectivity index (χ4v) is 4.28. The number of aromatic carboxylic acids is 1. The normalized spacial score (nSPS) is 17.0. The Morgan fingerprint density at radius 3 is 2.03 bits per heavy atom. The van der Waals surface area contributed by atoms with E-state index >= 15 is 0 Å². The maximum atomic E-state index is 11.0. The second kappa shape index (κ2) is 7.58. The van der Waals surface area contributed by atoms with Gasteiger partial charge < -0.3 is 14.6 Å². The number of ether oxygens (including phenoxy) is 2. The van der Waals surface area contributed by atoms with Crippen LogP contribution in [0.15, 0.2) is 30.3 Å². The summed E-state index contributed by atoms with van der Waals surface area (Å²) in [6.07, 6.45) is 6.15. The van der Waals surface area contributed by atoms with Crippen LogP contribution in [0, 0.1) is 0 Å². The lowest BCUT2D eigenvalue weighted by atomic mass is 9.62. The van der Waals surface area contributed by atoms with Gasteiger partial charge in [-0.25, -0.2) is 4.79 Å². The van der Waals surface area contributed by atoms with Gasteiger partial charge in [0.25, 0.3) is 0 Å². The smallest absolute Gasteiger partial charge is 0.335 e. The van der Waals surface area contributed by atoms with Crippen LogP contribution in [0.3, 0.4) is 0 Å². The van der Waals surface area contributed by atoms with Crippen molar-refractivity contribution in [3.8, 4) is 11.5 Å². The SMILES string of the molecule is COc1cc(/C=C/c2ccc(C(=O)O)cc2)c(OC)c2c1C(C)(C)CCC2(C)C. The van der Waals surface area contributed by atoms with Gasteiger partial charge in [0.15, 0.2) is 0 Å². The van der Waals surface area contributed by atoms with E-state index in [-0.39, 0.29) is 16.4 Å². The molecule has 0 saturated carbocycles. The molecule has 1 aliphatic rings. The molecule has 29 heavy (non-hydrogen) atoms. The number of hydrogen-bond acceptors (Lipinski definition) is 3. The van der Waals surface area contributed by atoms with Gasteiger partial charge in [-0.05, 0) is 47.4 Å². The van der Waals surface area contributed by atoms with E-state index < -0.39 is 5.97 Å². The van der Waals surface area contributed by atoms with E-state index in [1.165, 1.54) is 11.1 Å². The molecule has 2 aromatic carbocycles. The standard InChI is InChI=1S/C25H30O4/c1-24(2)13-14-25(3,4)21-20(24)19(28-5)15-18(22(21)29-6)12-9-16-7-10-17(11-8-16)23(26)27/h7-12,15H,13-14H2,1-6H3,(H,26,27)/b12-9+. The molecule has 0 bridgehead atoms. The number of methoxy groups -OCH3 is 2. The number of fused-ring (bicyclic) bond motifs is 1. The van der Waals surface area contributed by atoms with Crippen molar-refractivity contribution < 1.29 is 19.4 Å². The largest absolute Gasteiger partial charge is 0.496 e. The van der Waals surface area contributed by atoms with Gasteiger partial charge in [0.2, 0.25) is 0 Å². The molecule has 4 nitrogen and oxygen atoms in total. The molecular weight excluding hydrogens is 364 g/mol. The fraction of sp³-hybridized carbons (Fsp3) is 0.400. The summed E-state index contributed by atoms with van der Waals surface area (Å²) in [5.41, 5.74) is 4.60. The molecule has 0 saturated heterocycles. The van der Waals surface area contributed by atoms with Crippen molar-refractivity contribution in [2.75, 3.05) is 14.2 Å². The zero-order valence-corrected chi connectivity index (χ0v) is 18.1. The average Bonchev–Trinajstić information content (AvgIpc) is 2.69. The molecule has 3 rings (SSSR count). The van der Waals surface area contributed by atoms with Crippen LogP contribution in [0.1, 0.15) is 73.1 Å². The lowest BCUT2D eigenvalue weighted by Gasteiger charge is -2.43. The molecule has 4 heteroatoms. The van der Waals surface area contributed by atoms with E-state index in [0.717, 1.165) is 35.5 Å². The van der Waals surface area contributed by atoms with Gasteiger partial charge in [-0.1, -0.05) is 52.0 Å². The third-order valence-electron chi connectivity index (χ3n) is 6.04. The van der Waals surface area contributed by atoms with Crippen molar-refractivity contribution in [1.29, 1.82) is 0 Å². The predicted octanol–water partition coefficient (Wildman–Crippen LogP) is 5.92. The summed E-state index contributed by atoms with van der Waals surface area (Å²) >= 11 is 0. The molecule has 0 atom stereocenters. The number of carboxylic acids is 1. The Balaban J connectivity index is 2.14. The highest BCUT2D eigenvalue weighted by atomic mass is 16.5. The number of carboxylic acid groups (broad SMARTS) is 1. The van der Waals surface area contributed by atoms with Gasteiger partial charge in [0.05, 0.1) is 19.8 Å². The molecule has 0 aromatic heterocycles. The maximum Gasteiger partial charge on any atom is 0.335 e. The first-order chi connectivity index (χ1) is 13.6. The summed E-state index contributed by atoms with van der Waals surface area (Å²) in [6, 6.07) is 8.86. The summed E-state index contributed by atoms with van der Waals surface area (Å²) in [6.45, 7) is 9.06. The molecule has 1 N–H and O–H groups in total. The Hall–Kier alpha value is -2.75. The first-order valence-corrected chi connectivity index (χ1v) is 9.92. The van der Waals surface area contributed by atoms with E-state index in [1.54, 1.807) is 38.5 Å². The number of hydrogen-bond donors (Lipinski definition) is 1. The molecular formula is C25H30O4. The van der Waals surface area contributed by atoms with Crippen molar-refractivity contribution in [2.45, 2.75) is 51.4 Å². The van der Waals surface area contributed by atoms with Crippen LogP contribution in [-0.4, -0.2) is 25.3 Å². The third kappa shape index (κ3) is 3.89. The predicted molar refractivity (Wildman–Crippen MR) is 117 cm³/mol. The van der Waals surface area contributed by atoms with E-state index in [2.05, 4.69) is 27.7 Å². The van der Waals surface area contributed by atoms with Crippen LogP contribution in [0.4, 0.5) is 0 Å². The molecule has 0 radical (unpaired) electrons. The Kier molecular flexibility index (Phi) is 5.48. The minimum Gasteiger partial charge on any atom is -0.496 e. The second-order valence-electron chi connectivity index (χ2n) is 8.98. The van der Waals surface area contributed by atoms with Crippen LogP contribution < -0.4 is 9.47 Å². The summed E-state index contributed by atoms with van der Waals surface area (Å²) in [5, 5.41) is 9.07. The summed E-state index contributed by atoms with van der Waals surface area (Å²) in [7, 11) is 3.44. The minimum absolute atomic E-state index is 0.0123. The van der Waals surface area contributed by atoms with Gasteiger partial charge in [0.1, 0.15) is 11.5 Å². The lowest BCUT2D eigenvalue weighted by molar-refractivity contribution is 0.0697. The quantitative estimate of drug-likeness (QED) is 0.640. The molecule has 0 spiro atoms. The van der Waals surface area contributed by atoms with Gasteiger partial charge in [0, 0.05) is 16.7 Å². The monoisotopic (exact) mass is 394 g/mol. The molecule has 0 amide bonds. The summed E-state index contributed by atoms with van der Waals surface area (Å²) < 4.78 is 11.7. The van der Waals surface area contributed by atoms with Gasteiger partial charge in [-0.3, -0.25) is 0 Å². The maximum absolute atomic E-state index is 11.0. The molecule has 0 unspecified atom stereocenters. The van der Waals surface area contributed by atoms with Crippen LogP contribution in [0.2, 0.25) is 0 Å². The molecule has 0 aliphatic heterocycles. The van der Waals surface area contributed by atoms with Crippen molar-refractivity contribution in [2.24, 2.45) is 0 Å². The average molecular weight is 395 g/mol. The fourth-order valence-electron chi connectivity index (χ4n) is 4.28. The zero-order chi connectivity index (χ0) is 21.4. The Morgan fingerprint density at radius 2 is 1.52 bits per heavy atom. The molecule has 2 aromatic rings. The van der Waals surface area contributed by atoms with Crippen molar-refractivity contribution >= 4 is 18.1 Å². The molecule has 0 heterocycles. The van der Waals surface area contributed by atoms with Crippen molar-refractivity contribution in [3.05, 3.63) is 58.1 Å². The van der Waals surface area contributed by atoms with Gasteiger partial charge >= 0.3 is 5.97 Å². The Labute approximate surface area is 173 Å². The molecule has 0 fully saturated rings. The highest BCUT2D eigenvalue weighted by Crippen LogP contribution is 2.54. The molecule has 154 valence electrons. The van der Waals surface area contributed by atoms with E-state index in [0.29, 0.717) is 0 Å². The van der Waals surface area contributed by atoms with Gasteiger partial charge in [-0.15, -0.1) is 0 Å².